The van der Waals surface area contributed by atoms with Crippen molar-refractivity contribution in [2.24, 2.45) is 0 Å². The summed E-state index contributed by atoms with van der Waals surface area (Å²) in [6.07, 6.45) is 14.4. The zero-order chi connectivity index (χ0) is 22.8. The highest BCUT2D eigenvalue weighted by Gasteiger charge is 2.22. The van der Waals surface area contributed by atoms with Gasteiger partial charge in [-0.15, -0.1) is 11.3 Å². The van der Waals surface area contributed by atoms with Gasteiger partial charge in [0.15, 0.2) is 5.60 Å². The average Bonchev–Trinajstić information content (AvgIpc) is 3.49. The molecule has 4 rings (SSSR count). The number of aromatic nitrogens is 4. The Labute approximate surface area is 194 Å². The van der Waals surface area contributed by atoms with Crippen LogP contribution in [0.1, 0.15) is 17.5 Å². The average molecular weight is 469 g/mol. The second-order valence-corrected chi connectivity index (χ2v) is 14.2. The number of fused-ring (bicyclic) bond motifs is 1. The molecule has 8 heteroatoms. The molecular weight excluding hydrogens is 440 g/mol. The van der Waals surface area contributed by atoms with E-state index >= 15 is 0 Å². The van der Waals surface area contributed by atoms with Crippen LogP contribution in [0, 0.1) is 11.8 Å². The van der Waals surface area contributed by atoms with Gasteiger partial charge in [-0.3, -0.25) is 0 Å². The fourth-order valence-electron chi connectivity index (χ4n) is 3.19. The number of benzene rings is 1. The minimum absolute atomic E-state index is 0.445. The predicted molar refractivity (Wildman–Crippen MR) is 134 cm³/mol. The monoisotopic (exact) mass is 468 g/mol. The van der Waals surface area contributed by atoms with Crippen molar-refractivity contribution in [3.8, 4) is 23.0 Å². The first kappa shape index (κ1) is 22.6. The van der Waals surface area contributed by atoms with E-state index in [1.807, 2.05) is 46.9 Å². The van der Waals surface area contributed by atoms with Gasteiger partial charge >= 0.3 is 0 Å². The summed E-state index contributed by atoms with van der Waals surface area (Å²) in [4.78, 5) is 7.49. The molecule has 168 valence electrons. The first-order valence-electron chi connectivity index (χ1n) is 10.2. The molecule has 0 fully saturated rings. The first-order valence-corrected chi connectivity index (χ1v) is 14.2. The summed E-state index contributed by atoms with van der Waals surface area (Å²) in [7, 11) is -0.553. The molecule has 0 radical (unpaired) electrons. The van der Waals surface area contributed by atoms with Crippen molar-refractivity contribution in [1.82, 2.24) is 19.7 Å². The lowest BCUT2D eigenvalue weighted by molar-refractivity contribution is 0.0809. The molecule has 0 saturated heterocycles. The molecule has 0 aliphatic rings. The molecule has 32 heavy (non-hydrogen) atoms. The van der Waals surface area contributed by atoms with Gasteiger partial charge in [-0.25, -0.2) is 19.7 Å². The Morgan fingerprint density at radius 2 is 2.16 bits per heavy atom. The van der Waals surface area contributed by atoms with Crippen molar-refractivity contribution in [3.05, 3.63) is 58.9 Å². The summed E-state index contributed by atoms with van der Waals surface area (Å²) in [6.45, 7) is 2.85. The zero-order valence-electron chi connectivity index (χ0n) is 18.8. The van der Waals surface area contributed by atoms with Crippen LogP contribution in [0.4, 0.5) is 0 Å². The van der Waals surface area contributed by atoms with Crippen molar-refractivity contribution >= 4 is 32.3 Å². The molecule has 0 saturated carbocycles. The van der Waals surface area contributed by atoms with Gasteiger partial charge in [0.2, 0.25) is 0 Å². The van der Waals surface area contributed by atoms with Crippen LogP contribution in [0.25, 0.3) is 22.0 Å². The zero-order valence-corrected chi connectivity index (χ0v) is 20.4. The number of nitrogens with one attached hydrogen (secondary N) is 1. The highest BCUT2D eigenvalue weighted by molar-refractivity contribution is 8.32. The van der Waals surface area contributed by atoms with E-state index in [1.54, 1.807) is 13.1 Å². The van der Waals surface area contributed by atoms with E-state index in [0.717, 1.165) is 40.0 Å². The van der Waals surface area contributed by atoms with Crippen LogP contribution in [-0.4, -0.2) is 56.0 Å². The van der Waals surface area contributed by atoms with Gasteiger partial charge in [-0.2, -0.15) is 5.10 Å². The Morgan fingerprint density at radius 1 is 1.31 bits per heavy atom. The number of aromatic amines is 1. The highest BCUT2D eigenvalue weighted by atomic mass is 32.3. The molecule has 0 amide bonds. The summed E-state index contributed by atoms with van der Waals surface area (Å²) in [5, 5.41) is 18.6. The van der Waals surface area contributed by atoms with Crippen molar-refractivity contribution in [2.75, 3.05) is 31.1 Å². The van der Waals surface area contributed by atoms with Crippen molar-refractivity contribution in [2.45, 2.75) is 19.3 Å². The Balaban J connectivity index is 1.52. The molecule has 3 aromatic heterocycles. The lowest BCUT2D eigenvalue weighted by Gasteiger charge is -2.24. The molecule has 3 heterocycles. The molecule has 6 nitrogen and oxygen atoms in total. The van der Waals surface area contributed by atoms with Crippen molar-refractivity contribution in [1.29, 1.82) is 0 Å². The van der Waals surface area contributed by atoms with Crippen LogP contribution in [0.5, 0.6) is 0 Å². The van der Waals surface area contributed by atoms with Crippen LogP contribution < -0.4 is 0 Å². The summed E-state index contributed by atoms with van der Waals surface area (Å²) in [5.41, 5.74) is 2.64. The van der Waals surface area contributed by atoms with E-state index in [2.05, 4.69) is 45.7 Å². The van der Waals surface area contributed by atoms with Gasteiger partial charge < -0.3 is 14.8 Å². The SMILES string of the molecule is CC(O)(C#Cc1ccc2[nH]cc(-c3cnn(COCCS(C)(C)C)c3)c2c1)c1nccs1. The predicted octanol–water partition coefficient (Wildman–Crippen LogP) is 4.42. The van der Waals surface area contributed by atoms with E-state index in [-0.39, 0.29) is 0 Å². The highest BCUT2D eigenvalue weighted by Crippen LogP contribution is 2.33. The van der Waals surface area contributed by atoms with E-state index < -0.39 is 15.6 Å². The Bertz CT molecular complexity index is 1250. The fourth-order valence-corrected chi connectivity index (χ4v) is 4.46. The molecule has 4 aromatic rings. The number of hydrogen-bond acceptors (Lipinski definition) is 5. The number of thiazole rings is 1. The summed E-state index contributed by atoms with van der Waals surface area (Å²) >= 11 is 1.39. The number of hydrogen-bond donors (Lipinski definition) is 2. The maximum atomic E-state index is 10.6. The number of ether oxygens (including phenoxy) is 1. The number of aliphatic hydroxyl groups is 1. The third-order valence-electron chi connectivity index (χ3n) is 4.99. The lowest BCUT2D eigenvalue weighted by Crippen LogP contribution is -2.17. The molecule has 0 aliphatic heterocycles. The molecular formula is C24H28N4O2S2. The third kappa shape index (κ3) is 5.43. The van der Waals surface area contributed by atoms with E-state index in [9.17, 15) is 5.11 Å². The number of nitrogens with zero attached hydrogens (tertiary/aromatic N) is 3. The molecule has 1 unspecified atom stereocenters. The van der Waals surface area contributed by atoms with Gasteiger partial charge in [-0.05, 0) is 43.9 Å². The molecule has 0 bridgehead atoms. The molecule has 2 N–H and O–H groups in total. The summed E-state index contributed by atoms with van der Waals surface area (Å²) in [5.74, 6) is 7.13. The maximum absolute atomic E-state index is 10.6. The van der Waals surface area contributed by atoms with Gasteiger partial charge in [-0.1, -0.05) is 11.8 Å². The van der Waals surface area contributed by atoms with Gasteiger partial charge in [0.05, 0.1) is 12.8 Å². The Morgan fingerprint density at radius 3 is 2.91 bits per heavy atom. The summed E-state index contributed by atoms with van der Waals surface area (Å²) in [6, 6.07) is 5.98. The Kier molecular flexibility index (Phi) is 6.45. The van der Waals surface area contributed by atoms with E-state index in [1.165, 1.54) is 11.3 Å². The quantitative estimate of drug-likeness (QED) is 0.311. The minimum atomic E-state index is -1.28. The van der Waals surface area contributed by atoms with Crippen LogP contribution >= 0.6 is 21.4 Å². The number of rotatable bonds is 7. The Hall–Kier alpha value is -2.57. The van der Waals surface area contributed by atoms with Crippen LogP contribution in [-0.2, 0) is 17.1 Å². The van der Waals surface area contributed by atoms with Crippen LogP contribution in [0.2, 0.25) is 0 Å². The molecule has 0 spiro atoms. The topological polar surface area (TPSA) is 76.0 Å². The summed E-state index contributed by atoms with van der Waals surface area (Å²) < 4.78 is 7.62. The van der Waals surface area contributed by atoms with Gasteiger partial charge in [0.1, 0.15) is 11.7 Å². The van der Waals surface area contributed by atoms with Crippen molar-refractivity contribution < 1.29 is 9.84 Å². The van der Waals surface area contributed by atoms with Gasteiger partial charge in [0.25, 0.3) is 0 Å². The second kappa shape index (κ2) is 9.12. The number of H-pyrrole nitrogens is 1. The molecule has 0 aliphatic carbocycles. The smallest absolute Gasteiger partial charge is 0.174 e. The first-order chi connectivity index (χ1) is 15.2. The maximum Gasteiger partial charge on any atom is 0.174 e. The molecule has 1 aromatic carbocycles. The normalized spacial score (nSPS) is 14.2. The fraction of sp³-hybridized carbons (Fsp3) is 0.333. The lowest BCUT2D eigenvalue weighted by atomic mass is 10.0. The third-order valence-corrected chi connectivity index (χ3v) is 7.36. The van der Waals surface area contributed by atoms with Crippen LogP contribution in [0.3, 0.4) is 0 Å². The van der Waals surface area contributed by atoms with Gasteiger partial charge in [0, 0.05) is 57.3 Å². The van der Waals surface area contributed by atoms with E-state index in [0.29, 0.717) is 11.7 Å². The molecule has 1 atom stereocenters. The minimum Gasteiger partial charge on any atom is -0.371 e. The largest absolute Gasteiger partial charge is 0.371 e. The van der Waals surface area contributed by atoms with Crippen LogP contribution in [0.15, 0.2) is 48.4 Å². The standard InChI is InChI=1S/C24H28N4O2S2/c1-24(29,23-25-9-11-31-23)8-7-18-5-6-22-20(13-18)21(15-26-22)19-14-27-28(16-19)17-30-10-12-32(2,3)4/h5-6,9,11,13-16,26,29H,10,12,17H2,1-4H3. The van der Waals surface area contributed by atoms with Crippen molar-refractivity contribution in [3.63, 3.8) is 0 Å². The second-order valence-electron chi connectivity index (χ2n) is 8.72. The van der Waals surface area contributed by atoms with E-state index in [4.69, 9.17) is 4.74 Å².